The van der Waals surface area contributed by atoms with Crippen molar-refractivity contribution < 1.29 is 48.6 Å². The number of rotatable bonds is 19. The van der Waals surface area contributed by atoms with Crippen molar-refractivity contribution in [1.82, 2.24) is 4.90 Å². The third-order valence-corrected chi connectivity index (χ3v) is 11.4. The van der Waals surface area contributed by atoms with Crippen LogP contribution in [-0.4, -0.2) is 82.6 Å². The van der Waals surface area contributed by atoms with Gasteiger partial charge in [-0.1, -0.05) is 36.2 Å². The fourth-order valence-corrected chi connectivity index (χ4v) is 8.76. The van der Waals surface area contributed by atoms with Crippen LogP contribution in [0.25, 0.3) is 0 Å². The Bertz CT molecular complexity index is 2060. The monoisotopic (exact) mass is 814 g/mol. The molecule has 0 saturated heterocycles. The number of oxime groups is 1. The molecule has 0 spiro atoms. The van der Waals surface area contributed by atoms with Gasteiger partial charge in [-0.15, -0.1) is 6.58 Å². The number of non-ortho nitro benzene ring substituents is 2. The molecule has 1 aliphatic heterocycles. The lowest BCUT2D eigenvalue weighted by Crippen LogP contribution is -2.69. The van der Waals surface area contributed by atoms with Crippen molar-refractivity contribution in [2.24, 2.45) is 22.9 Å². The molecule has 0 aromatic heterocycles. The molecule has 3 aliphatic rings. The van der Waals surface area contributed by atoms with Crippen LogP contribution in [0.5, 0.6) is 17.2 Å². The number of carbonyl (C=O) groups excluding carboxylic acids is 1. The van der Waals surface area contributed by atoms with Crippen molar-refractivity contribution in [2.75, 3.05) is 34.0 Å². The molecule has 0 bridgehead atoms. The number of aliphatic hydroxyl groups excluding tert-OH is 2. The molecule has 1 amide bonds. The highest BCUT2D eigenvalue weighted by atomic mass is 16.7. The molecular weight excluding hydrogens is 764 g/mol. The molecule has 6 atom stereocenters. The van der Waals surface area contributed by atoms with Gasteiger partial charge in [0, 0.05) is 56.4 Å². The summed E-state index contributed by atoms with van der Waals surface area (Å²) in [6, 6.07) is 16.5. The second kappa shape index (κ2) is 19.3. The van der Waals surface area contributed by atoms with Gasteiger partial charge in [-0.05, 0) is 85.1 Å². The van der Waals surface area contributed by atoms with Crippen LogP contribution in [0.3, 0.4) is 0 Å². The van der Waals surface area contributed by atoms with Crippen LogP contribution in [0.1, 0.15) is 62.0 Å². The van der Waals surface area contributed by atoms with Gasteiger partial charge in [0.05, 0.1) is 41.3 Å². The van der Waals surface area contributed by atoms with Gasteiger partial charge in [-0.3, -0.25) is 20.2 Å². The fourth-order valence-electron chi connectivity index (χ4n) is 8.76. The predicted molar refractivity (Wildman–Crippen MR) is 216 cm³/mol. The number of fused-ring (bicyclic) bond motifs is 2. The highest BCUT2D eigenvalue weighted by molar-refractivity contribution is 6.02. The van der Waals surface area contributed by atoms with E-state index in [9.17, 15) is 35.2 Å². The SMILES string of the molecule is C=CCO[C@@]12Oc3ccc(Oc4cccc([N+](=O)[O-])c4)cc3[C@H]3[C@H](CCCCO)[C@@H](CCCCO)C=C(C(=NOCc4ccc([N+](=O)[O-])cc4)C[C@@H]1N(C)C(=O)OC)[C@H]32. The lowest BCUT2D eigenvalue weighted by atomic mass is 9.55. The van der Waals surface area contributed by atoms with Crippen LogP contribution in [0.15, 0.2) is 96.2 Å². The quantitative estimate of drug-likeness (QED) is 0.0514. The molecule has 1 saturated carbocycles. The highest BCUT2D eigenvalue weighted by Crippen LogP contribution is 2.62. The number of aliphatic hydroxyl groups is 2. The highest BCUT2D eigenvalue weighted by Gasteiger charge is 2.65. The third-order valence-electron chi connectivity index (χ3n) is 11.4. The summed E-state index contributed by atoms with van der Waals surface area (Å²) >= 11 is 0. The first kappa shape index (κ1) is 42.8. The zero-order valence-corrected chi connectivity index (χ0v) is 33.1. The maximum atomic E-state index is 13.4. The number of nitro benzene ring substituents is 2. The largest absolute Gasteiger partial charge is 0.459 e. The topological polar surface area (TPSA) is 206 Å². The predicted octanol–water partition coefficient (Wildman–Crippen LogP) is 7.83. The molecule has 3 aromatic rings. The first-order valence-corrected chi connectivity index (χ1v) is 19.7. The van der Waals surface area contributed by atoms with E-state index in [1.165, 1.54) is 36.3 Å². The van der Waals surface area contributed by atoms with Crippen molar-refractivity contribution in [1.29, 1.82) is 0 Å². The lowest BCUT2D eigenvalue weighted by Gasteiger charge is -2.59. The molecule has 6 rings (SSSR count). The summed E-state index contributed by atoms with van der Waals surface area (Å²) in [4.78, 5) is 42.7. The van der Waals surface area contributed by atoms with E-state index >= 15 is 0 Å². The summed E-state index contributed by atoms with van der Waals surface area (Å²) in [6.45, 7) is 4.08. The average Bonchev–Trinajstić information content (AvgIpc) is 3.24. The summed E-state index contributed by atoms with van der Waals surface area (Å²) in [5.41, 5.74) is 2.66. The third kappa shape index (κ3) is 9.24. The number of ether oxygens (including phenoxy) is 4. The number of hydrogen-bond donors (Lipinski definition) is 2. The number of benzene rings is 3. The summed E-state index contributed by atoms with van der Waals surface area (Å²) in [5.74, 6) is -1.31. The van der Waals surface area contributed by atoms with Gasteiger partial charge in [-0.2, -0.15) is 0 Å². The van der Waals surface area contributed by atoms with Gasteiger partial charge >= 0.3 is 6.09 Å². The van der Waals surface area contributed by atoms with Gasteiger partial charge in [0.2, 0.25) is 5.79 Å². The molecular formula is C43H50N4O12. The molecule has 1 fully saturated rings. The van der Waals surface area contributed by atoms with E-state index in [2.05, 4.69) is 12.7 Å². The molecule has 2 N–H and O–H groups in total. The molecule has 3 aromatic carbocycles. The maximum absolute atomic E-state index is 13.4. The van der Waals surface area contributed by atoms with Crippen molar-refractivity contribution in [3.63, 3.8) is 0 Å². The second-order valence-electron chi connectivity index (χ2n) is 14.9. The summed E-state index contributed by atoms with van der Waals surface area (Å²) in [7, 11) is 2.91. The van der Waals surface area contributed by atoms with Gasteiger partial charge in [0.1, 0.15) is 29.9 Å². The van der Waals surface area contributed by atoms with Gasteiger partial charge in [0.25, 0.3) is 11.4 Å². The van der Waals surface area contributed by atoms with Gasteiger partial charge in [0.15, 0.2) is 0 Å². The molecule has 0 unspecified atom stereocenters. The van der Waals surface area contributed by atoms with E-state index in [1.54, 1.807) is 49.5 Å². The average molecular weight is 815 g/mol. The second-order valence-corrected chi connectivity index (χ2v) is 14.9. The van der Waals surface area contributed by atoms with Crippen molar-refractivity contribution in [3.8, 4) is 17.2 Å². The van der Waals surface area contributed by atoms with E-state index in [4.69, 9.17) is 28.9 Å². The smallest absolute Gasteiger partial charge is 0.409 e. The van der Waals surface area contributed by atoms with E-state index in [0.29, 0.717) is 42.0 Å². The van der Waals surface area contributed by atoms with Crippen LogP contribution in [-0.2, 0) is 20.9 Å². The zero-order valence-electron chi connectivity index (χ0n) is 33.1. The molecule has 16 nitrogen and oxygen atoms in total. The summed E-state index contributed by atoms with van der Waals surface area (Å²) < 4.78 is 25.4. The number of allylic oxidation sites excluding steroid dienone is 1. The first-order chi connectivity index (χ1) is 28.5. The summed E-state index contributed by atoms with van der Waals surface area (Å²) in [6.07, 6.45) is 7.43. The van der Waals surface area contributed by atoms with Crippen molar-refractivity contribution in [3.05, 3.63) is 122 Å². The minimum atomic E-state index is -1.49. The number of nitro groups is 2. The fraction of sp³-hybridized carbons (Fsp3) is 0.442. The Morgan fingerprint density at radius 2 is 1.69 bits per heavy atom. The number of amides is 1. The number of nitrogens with zero attached hydrogens (tertiary/aromatic N) is 4. The van der Waals surface area contributed by atoms with Crippen LogP contribution in [0.4, 0.5) is 16.2 Å². The number of carbonyl (C=O) groups is 1. The normalized spacial score (nSPS) is 23.5. The standard InChI is InChI=1S/C43H50N4O12/c1-4-22-56-43-39(45(2)42(50)55-3)26-37(44-57-27-28-14-16-30(17-15-28)46(51)52)35-23-29(10-5-7-20-48)34(13-6-8-21-49)40(41(35)43)36-25-33(18-19-38(36)59-43)58-32-12-9-11-31(24-32)47(53)54/h4,9,11-12,14-19,23-25,29,34,39-41,48-49H,1,5-8,10,13,20-22,26-27H2,2-3H3/t29-,34+,39-,40+,41+,43+/m0/s1. The molecule has 59 heavy (non-hydrogen) atoms. The summed E-state index contributed by atoms with van der Waals surface area (Å²) in [5, 5.41) is 47.2. The van der Waals surface area contributed by atoms with Crippen LogP contribution in [0.2, 0.25) is 0 Å². The Morgan fingerprint density at radius 1 is 0.983 bits per heavy atom. The van der Waals surface area contributed by atoms with E-state index in [0.717, 1.165) is 30.4 Å². The Balaban J connectivity index is 1.53. The zero-order chi connectivity index (χ0) is 42.1. The number of unbranched alkanes of at least 4 members (excludes halogenated alkanes) is 2. The number of likely N-dealkylation sites (N-methyl/N-ethyl adjacent to an activating group) is 1. The lowest BCUT2D eigenvalue weighted by molar-refractivity contribution is -0.385. The van der Waals surface area contributed by atoms with Crippen LogP contribution >= 0.6 is 0 Å². The van der Waals surface area contributed by atoms with Gasteiger partial charge < -0.3 is 38.9 Å². The van der Waals surface area contributed by atoms with Crippen LogP contribution < -0.4 is 9.47 Å². The van der Waals surface area contributed by atoms with E-state index in [-0.39, 0.29) is 67.7 Å². The Kier molecular flexibility index (Phi) is 14.0. The van der Waals surface area contributed by atoms with Crippen molar-refractivity contribution >= 4 is 23.2 Å². The number of methoxy groups -OCH3 is 1. The first-order valence-electron chi connectivity index (χ1n) is 19.7. The van der Waals surface area contributed by atoms with E-state index in [1.807, 2.05) is 6.07 Å². The van der Waals surface area contributed by atoms with Gasteiger partial charge in [-0.25, -0.2) is 4.79 Å². The number of hydrogen-bond acceptors (Lipinski definition) is 13. The Morgan fingerprint density at radius 3 is 2.37 bits per heavy atom. The molecule has 0 radical (unpaired) electrons. The molecule has 16 heteroatoms. The minimum Gasteiger partial charge on any atom is -0.459 e. The van der Waals surface area contributed by atoms with E-state index < -0.39 is 33.7 Å². The Labute approximate surface area is 342 Å². The maximum Gasteiger partial charge on any atom is 0.409 e. The molecule has 2 aliphatic carbocycles. The molecule has 1 heterocycles. The van der Waals surface area contributed by atoms with Crippen LogP contribution in [0, 0.1) is 38.0 Å². The van der Waals surface area contributed by atoms with Crippen molar-refractivity contribution in [2.45, 2.75) is 69.3 Å². The molecule has 314 valence electrons. The minimum absolute atomic E-state index is 0.0138. The Hall–Kier alpha value is -5.84.